The molecule has 0 atom stereocenters. The lowest BCUT2D eigenvalue weighted by Crippen LogP contribution is -2.16. The highest BCUT2D eigenvalue weighted by Gasteiger charge is 2.17. The molecule has 9 nitrogen and oxygen atoms in total. The van der Waals surface area contributed by atoms with Crippen molar-refractivity contribution in [2.24, 2.45) is 0 Å². The number of nitrogens with zero attached hydrogens (tertiary/aromatic N) is 2. The van der Waals surface area contributed by atoms with Gasteiger partial charge in [-0.05, 0) is 54.6 Å². The number of amides is 1. The van der Waals surface area contributed by atoms with Gasteiger partial charge in [-0.2, -0.15) is 0 Å². The van der Waals surface area contributed by atoms with Crippen LogP contribution in [0, 0.1) is 0 Å². The molecular weight excluding hydrogens is 468 g/mol. The first-order chi connectivity index (χ1) is 17.0. The maximum atomic E-state index is 12.8. The number of ether oxygens (including phenoxy) is 2. The molecule has 1 aromatic heterocycles. The molecule has 3 aromatic carbocycles. The van der Waals surface area contributed by atoms with Gasteiger partial charge in [-0.3, -0.25) is 4.79 Å². The second kappa shape index (κ2) is 11.1. The third-order valence-electron chi connectivity index (χ3n) is 4.70. The summed E-state index contributed by atoms with van der Waals surface area (Å²) in [5.74, 6) is 0.721. The lowest BCUT2D eigenvalue weighted by molar-refractivity contribution is 0.102. The van der Waals surface area contributed by atoms with E-state index in [0.717, 1.165) is 5.75 Å². The van der Waals surface area contributed by atoms with Gasteiger partial charge in [-0.25, -0.2) is 23.1 Å². The molecule has 35 heavy (non-hydrogen) atoms. The molecule has 0 unspecified atom stereocenters. The molecule has 178 valence electrons. The number of benzene rings is 3. The van der Waals surface area contributed by atoms with E-state index in [4.69, 9.17) is 9.47 Å². The van der Waals surface area contributed by atoms with Crippen LogP contribution in [-0.2, 0) is 10.0 Å². The molecule has 10 heteroatoms. The Bertz CT molecular complexity index is 1370. The number of sulfonamides is 1. The van der Waals surface area contributed by atoms with Crippen molar-refractivity contribution in [1.29, 1.82) is 0 Å². The van der Waals surface area contributed by atoms with Crippen molar-refractivity contribution in [3.63, 3.8) is 0 Å². The quantitative estimate of drug-likeness (QED) is 0.323. The highest BCUT2D eigenvalue weighted by molar-refractivity contribution is 7.92. The lowest BCUT2D eigenvalue weighted by atomic mass is 10.2. The van der Waals surface area contributed by atoms with Crippen molar-refractivity contribution in [3.05, 3.63) is 103 Å². The first-order valence-corrected chi connectivity index (χ1v) is 12.1. The zero-order valence-electron chi connectivity index (χ0n) is 18.5. The molecule has 0 saturated carbocycles. The van der Waals surface area contributed by atoms with Gasteiger partial charge >= 0.3 is 0 Å². The molecule has 0 spiro atoms. The summed E-state index contributed by atoms with van der Waals surface area (Å²) >= 11 is 0. The van der Waals surface area contributed by atoms with E-state index in [1.807, 2.05) is 30.3 Å². The van der Waals surface area contributed by atoms with Crippen LogP contribution in [0.15, 0.2) is 102 Å². The van der Waals surface area contributed by atoms with Gasteiger partial charge in [0.05, 0.1) is 10.5 Å². The summed E-state index contributed by atoms with van der Waals surface area (Å²) in [6.07, 6.45) is 2.86. The zero-order valence-corrected chi connectivity index (χ0v) is 19.3. The molecule has 0 aliphatic rings. The fourth-order valence-corrected chi connectivity index (χ4v) is 4.01. The number of rotatable bonds is 10. The van der Waals surface area contributed by atoms with E-state index in [2.05, 4.69) is 20.0 Å². The molecule has 0 aliphatic carbocycles. The summed E-state index contributed by atoms with van der Waals surface area (Å²) in [7, 11) is -3.87. The van der Waals surface area contributed by atoms with Crippen LogP contribution < -0.4 is 19.5 Å². The van der Waals surface area contributed by atoms with Crippen LogP contribution >= 0.6 is 0 Å². The second-order valence-corrected chi connectivity index (χ2v) is 8.84. The minimum absolute atomic E-state index is 0.00472. The number of aromatic nitrogens is 2. The fraction of sp³-hybridized carbons (Fsp3) is 0.0800. The molecule has 1 amide bonds. The Kier molecular flexibility index (Phi) is 7.53. The van der Waals surface area contributed by atoms with Gasteiger partial charge in [0.25, 0.3) is 15.9 Å². The van der Waals surface area contributed by atoms with Crippen molar-refractivity contribution >= 4 is 27.6 Å². The smallest absolute Gasteiger partial charge is 0.264 e. The molecule has 0 fully saturated rings. The summed E-state index contributed by atoms with van der Waals surface area (Å²) in [5, 5.41) is 2.75. The molecule has 0 radical (unpaired) electrons. The van der Waals surface area contributed by atoms with Crippen LogP contribution in [0.1, 0.15) is 10.4 Å². The van der Waals surface area contributed by atoms with Gasteiger partial charge in [0.2, 0.25) is 5.95 Å². The summed E-state index contributed by atoms with van der Waals surface area (Å²) < 4.78 is 38.7. The summed E-state index contributed by atoms with van der Waals surface area (Å²) in [6, 6.07) is 23.5. The molecule has 0 aliphatic heterocycles. The standard InChI is InChI=1S/C25H22N4O5S/c30-24(22-9-4-5-10-23(22)34-18-17-33-20-7-2-1-3-8-20)28-19-11-13-21(14-12-19)35(31,32)29-25-26-15-6-16-27-25/h1-16H,17-18H2,(H,28,30)(H,26,27,29). The first kappa shape index (κ1) is 23.7. The van der Waals surface area contributed by atoms with Crippen molar-refractivity contribution in [2.45, 2.75) is 4.90 Å². The Balaban J connectivity index is 1.36. The highest BCUT2D eigenvalue weighted by Crippen LogP contribution is 2.21. The average molecular weight is 491 g/mol. The molecule has 0 saturated heterocycles. The molecular formula is C25H22N4O5S. The third-order valence-corrected chi connectivity index (χ3v) is 6.04. The van der Waals surface area contributed by atoms with E-state index < -0.39 is 15.9 Å². The van der Waals surface area contributed by atoms with E-state index in [0.29, 0.717) is 23.6 Å². The number of hydrogen-bond acceptors (Lipinski definition) is 7. The second-order valence-electron chi connectivity index (χ2n) is 7.16. The van der Waals surface area contributed by atoms with Crippen molar-refractivity contribution in [3.8, 4) is 11.5 Å². The maximum absolute atomic E-state index is 12.8. The van der Waals surface area contributed by atoms with Crippen LogP contribution in [-0.4, -0.2) is 37.5 Å². The fourth-order valence-electron chi connectivity index (χ4n) is 3.05. The number of para-hydroxylation sites is 2. The monoisotopic (exact) mass is 490 g/mol. The van der Waals surface area contributed by atoms with Crippen molar-refractivity contribution < 1.29 is 22.7 Å². The predicted octanol–water partition coefficient (Wildman–Crippen LogP) is 3.99. The summed E-state index contributed by atoms with van der Waals surface area (Å²) in [6.45, 7) is 0.571. The normalized spacial score (nSPS) is 10.9. The molecule has 0 bridgehead atoms. The van der Waals surface area contributed by atoms with Crippen LogP contribution in [0.4, 0.5) is 11.6 Å². The SMILES string of the molecule is O=C(Nc1ccc(S(=O)(=O)Nc2ncccn2)cc1)c1ccccc1OCCOc1ccccc1. The van der Waals surface area contributed by atoms with Crippen LogP contribution in [0.3, 0.4) is 0 Å². The Morgan fingerprint density at radius 1 is 0.771 bits per heavy atom. The van der Waals surface area contributed by atoms with Gasteiger partial charge in [0, 0.05) is 18.1 Å². The minimum atomic E-state index is -3.87. The van der Waals surface area contributed by atoms with Gasteiger partial charge in [0.1, 0.15) is 24.7 Å². The van der Waals surface area contributed by atoms with E-state index >= 15 is 0 Å². The largest absolute Gasteiger partial charge is 0.490 e. The Labute approximate surface area is 202 Å². The number of anilines is 2. The third kappa shape index (κ3) is 6.55. The van der Waals surface area contributed by atoms with Gasteiger partial charge in [0.15, 0.2) is 0 Å². The molecule has 2 N–H and O–H groups in total. The van der Waals surface area contributed by atoms with Gasteiger partial charge < -0.3 is 14.8 Å². The molecule has 4 aromatic rings. The van der Waals surface area contributed by atoms with E-state index in [1.165, 1.54) is 36.7 Å². The molecule has 4 rings (SSSR count). The Hall–Kier alpha value is -4.44. The lowest BCUT2D eigenvalue weighted by Gasteiger charge is -2.13. The first-order valence-electron chi connectivity index (χ1n) is 10.6. The van der Waals surface area contributed by atoms with Crippen LogP contribution in [0.2, 0.25) is 0 Å². The minimum Gasteiger partial charge on any atom is -0.490 e. The Morgan fingerprint density at radius 2 is 1.43 bits per heavy atom. The van der Waals surface area contributed by atoms with Crippen LogP contribution in [0.25, 0.3) is 0 Å². The highest BCUT2D eigenvalue weighted by atomic mass is 32.2. The van der Waals surface area contributed by atoms with Gasteiger partial charge in [-0.1, -0.05) is 30.3 Å². The summed E-state index contributed by atoms with van der Waals surface area (Å²) in [4.78, 5) is 20.6. The van der Waals surface area contributed by atoms with Gasteiger partial charge in [-0.15, -0.1) is 0 Å². The van der Waals surface area contributed by atoms with Crippen LogP contribution in [0.5, 0.6) is 11.5 Å². The molecule has 1 heterocycles. The van der Waals surface area contributed by atoms with Crippen molar-refractivity contribution in [2.75, 3.05) is 23.3 Å². The topological polar surface area (TPSA) is 120 Å². The Morgan fingerprint density at radius 3 is 2.17 bits per heavy atom. The predicted molar refractivity (Wildman–Crippen MR) is 131 cm³/mol. The zero-order chi connectivity index (χ0) is 24.5. The van der Waals surface area contributed by atoms with E-state index in [-0.39, 0.29) is 17.5 Å². The van der Waals surface area contributed by atoms with E-state index in [1.54, 1.807) is 30.3 Å². The van der Waals surface area contributed by atoms with E-state index in [9.17, 15) is 13.2 Å². The maximum Gasteiger partial charge on any atom is 0.264 e. The average Bonchev–Trinajstić information content (AvgIpc) is 2.88. The number of nitrogens with one attached hydrogen (secondary N) is 2. The number of hydrogen-bond donors (Lipinski definition) is 2. The van der Waals surface area contributed by atoms with Crippen molar-refractivity contribution in [1.82, 2.24) is 9.97 Å². The summed E-state index contributed by atoms with van der Waals surface area (Å²) in [5.41, 5.74) is 0.763. The number of carbonyl (C=O) groups is 1. The number of carbonyl (C=O) groups excluding carboxylic acids is 1.